The summed E-state index contributed by atoms with van der Waals surface area (Å²) in [4.78, 5) is 37.3. The number of ether oxygens (including phenoxy) is 1. The second-order valence-electron chi connectivity index (χ2n) is 7.12. The van der Waals surface area contributed by atoms with Gasteiger partial charge in [0.15, 0.2) is 0 Å². The van der Waals surface area contributed by atoms with Crippen molar-refractivity contribution < 1.29 is 19.1 Å². The Bertz CT molecular complexity index is 438. The van der Waals surface area contributed by atoms with E-state index >= 15 is 0 Å². The number of alkyl carbamates (subject to hydrolysis) is 1. The van der Waals surface area contributed by atoms with E-state index in [1.807, 2.05) is 11.8 Å². The summed E-state index contributed by atoms with van der Waals surface area (Å²) in [5.41, 5.74) is -0.531. The maximum Gasteiger partial charge on any atom is 0.407 e. The molecule has 0 atom stereocenters. The lowest BCUT2D eigenvalue weighted by Crippen LogP contribution is -2.44. The highest BCUT2D eigenvalue weighted by Gasteiger charge is 2.26. The zero-order chi connectivity index (χ0) is 18.2. The minimum Gasteiger partial charge on any atom is -0.444 e. The van der Waals surface area contributed by atoms with Gasteiger partial charge in [0, 0.05) is 38.5 Å². The van der Waals surface area contributed by atoms with Gasteiger partial charge in [-0.15, -0.1) is 0 Å². The molecule has 0 aliphatic carbocycles. The second-order valence-corrected chi connectivity index (χ2v) is 7.12. The molecular weight excluding hydrogens is 310 g/mol. The zero-order valence-electron chi connectivity index (χ0n) is 15.3. The van der Waals surface area contributed by atoms with Gasteiger partial charge in [-0.2, -0.15) is 0 Å². The van der Waals surface area contributed by atoms with Crippen molar-refractivity contribution in [3.63, 3.8) is 0 Å². The first-order valence-electron chi connectivity index (χ1n) is 8.75. The largest absolute Gasteiger partial charge is 0.444 e. The normalized spacial score (nSPS) is 15.8. The van der Waals surface area contributed by atoms with Crippen LogP contribution in [0.15, 0.2) is 0 Å². The number of hydrogen-bond donors (Lipinski definition) is 2. The molecular formula is C17H31N3O4. The average molecular weight is 341 g/mol. The maximum atomic E-state index is 12.1. The number of amides is 3. The molecule has 0 radical (unpaired) electrons. The van der Waals surface area contributed by atoms with Crippen LogP contribution in [0.2, 0.25) is 0 Å². The Morgan fingerprint density at radius 3 is 2.21 bits per heavy atom. The van der Waals surface area contributed by atoms with Gasteiger partial charge in [0.05, 0.1) is 0 Å². The molecule has 1 aliphatic rings. The number of nitrogens with zero attached hydrogens (tertiary/aromatic N) is 1. The van der Waals surface area contributed by atoms with Gasteiger partial charge in [-0.3, -0.25) is 9.59 Å². The van der Waals surface area contributed by atoms with E-state index in [4.69, 9.17) is 4.74 Å². The lowest BCUT2D eigenvalue weighted by atomic mass is 9.95. The van der Waals surface area contributed by atoms with Crippen molar-refractivity contribution in [2.45, 2.75) is 59.0 Å². The predicted octanol–water partition coefficient (Wildman–Crippen LogP) is 1.67. The van der Waals surface area contributed by atoms with Crippen molar-refractivity contribution in [1.29, 1.82) is 0 Å². The minimum atomic E-state index is -0.531. The number of likely N-dealkylation sites (tertiary alicyclic amines) is 1. The summed E-state index contributed by atoms with van der Waals surface area (Å²) >= 11 is 0. The number of carbonyl (C=O) groups is 3. The fourth-order valence-corrected chi connectivity index (χ4v) is 2.57. The van der Waals surface area contributed by atoms with Crippen LogP contribution in [-0.4, -0.2) is 54.6 Å². The minimum absolute atomic E-state index is 0.0106. The molecule has 1 fully saturated rings. The molecule has 24 heavy (non-hydrogen) atoms. The van der Waals surface area contributed by atoms with Crippen LogP contribution in [0.4, 0.5) is 4.79 Å². The van der Waals surface area contributed by atoms with E-state index in [9.17, 15) is 14.4 Å². The van der Waals surface area contributed by atoms with Gasteiger partial charge in [0.1, 0.15) is 5.60 Å². The Balaban J connectivity index is 2.19. The van der Waals surface area contributed by atoms with E-state index in [1.165, 1.54) is 0 Å². The van der Waals surface area contributed by atoms with Crippen LogP contribution in [0.3, 0.4) is 0 Å². The van der Waals surface area contributed by atoms with Crippen LogP contribution in [0.5, 0.6) is 0 Å². The molecule has 0 aromatic rings. The van der Waals surface area contributed by atoms with E-state index < -0.39 is 11.7 Å². The van der Waals surface area contributed by atoms with Crippen LogP contribution in [0.25, 0.3) is 0 Å². The van der Waals surface area contributed by atoms with Gasteiger partial charge in [0.2, 0.25) is 11.8 Å². The standard InChI is InChI=1S/C17H31N3O4/c1-5-6-14(21)20-11-7-13(8-12-20)15(22)18-9-10-19-16(23)24-17(2,3)4/h13H,5-12H2,1-4H3,(H,18,22)(H,19,23). The van der Waals surface area contributed by atoms with E-state index in [1.54, 1.807) is 20.8 Å². The first-order chi connectivity index (χ1) is 11.2. The molecule has 1 rings (SSSR count). The quantitative estimate of drug-likeness (QED) is 0.719. The summed E-state index contributed by atoms with van der Waals surface area (Å²) in [7, 11) is 0. The lowest BCUT2D eigenvalue weighted by Gasteiger charge is -2.31. The monoisotopic (exact) mass is 341 g/mol. The van der Waals surface area contributed by atoms with Crippen molar-refractivity contribution in [2.75, 3.05) is 26.2 Å². The number of hydrogen-bond acceptors (Lipinski definition) is 4. The summed E-state index contributed by atoms with van der Waals surface area (Å²) < 4.78 is 5.11. The topological polar surface area (TPSA) is 87.7 Å². The van der Waals surface area contributed by atoms with E-state index in [0.29, 0.717) is 45.4 Å². The number of nitrogens with one attached hydrogen (secondary N) is 2. The Morgan fingerprint density at radius 1 is 1.08 bits per heavy atom. The average Bonchev–Trinajstić information content (AvgIpc) is 2.50. The van der Waals surface area contributed by atoms with Crippen molar-refractivity contribution in [2.24, 2.45) is 5.92 Å². The summed E-state index contributed by atoms with van der Waals surface area (Å²) in [5.74, 6) is 0.110. The molecule has 0 unspecified atom stereocenters. The van der Waals surface area contributed by atoms with Crippen molar-refractivity contribution in [1.82, 2.24) is 15.5 Å². The molecule has 1 saturated heterocycles. The molecule has 1 heterocycles. The third-order valence-corrected chi connectivity index (χ3v) is 3.77. The first-order valence-corrected chi connectivity index (χ1v) is 8.75. The first kappa shape index (κ1) is 20.3. The third kappa shape index (κ3) is 7.66. The fraction of sp³-hybridized carbons (Fsp3) is 0.824. The van der Waals surface area contributed by atoms with Crippen LogP contribution in [0.1, 0.15) is 53.4 Å². The molecule has 0 saturated carbocycles. The van der Waals surface area contributed by atoms with Gasteiger partial charge in [0.25, 0.3) is 0 Å². The Kier molecular flexibility index (Phi) is 8.01. The number of rotatable bonds is 6. The molecule has 0 bridgehead atoms. The maximum absolute atomic E-state index is 12.1. The SMILES string of the molecule is CCCC(=O)N1CCC(C(=O)NCCNC(=O)OC(C)(C)C)CC1. The number of piperidine rings is 1. The summed E-state index contributed by atoms with van der Waals surface area (Å²) in [6.07, 6.45) is 2.33. The third-order valence-electron chi connectivity index (χ3n) is 3.77. The Hall–Kier alpha value is -1.79. The fourth-order valence-electron chi connectivity index (χ4n) is 2.57. The van der Waals surface area contributed by atoms with Gasteiger partial charge < -0.3 is 20.3 Å². The van der Waals surface area contributed by atoms with Crippen molar-refractivity contribution in [3.8, 4) is 0 Å². The zero-order valence-corrected chi connectivity index (χ0v) is 15.3. The smallest absolute Gasteiger partial charge is 0.407 e. The van der Waals surface area contributed by atoms with Gasteiger partial charge in [-0.25, -0.2) is 4.79 Å². The van der Waals surface area contributed by atoms with Crippen molar-refractivity contribution in [3.05, 3.63) is 0 Å². The summed E-state index contributed by atoms with van der Waals surface area (Å²) in [6.45, 7) is 9.37. The molecule has 7 nitrogen and oxygen atoms in total. The van der Waals surface area contributed by atoms with E-state index in [2.05, 4.69) is 10.6 Å². The Labute approximate surface area is 144 Å². The van der Waals surface area contributed by atoms with Crippen LogP contribution >= 0.6 is 0 Å². The van der Waals surface area contributed by atoms with E-state index in [0.717, 1.165) is 6.42 Å². The molecule has 1 aliphatic heterocycles. The highest BCUT2D eigenvalue weighted by atomic mass is 16.6. The molecule has 138 valence electrons. The van der Waals surface area contributed by atoms with Crippen LogP contribution in [-0.2, 0) is 14.3 Å². The number of carbonyl (C=O) groups excluding carboxylic acids is 3. The van der Waals surface area contributed by atoms with Crippen molar-refractivity contribution >= 4 is 17.9 Å². The second kappa shape index (κ2) is 9.49. The molecule has 3 amide bonds. The summed E-state index contributed by atoms with van der Waals surface area (Å²) in [5, 5.41) is 5.43. The summed E-state index contributed by atoms with van der Waals surface area (Å²) in [6, 6.07) is 0. The molecule has 0 aromatic carbocycles. The Morgan fingerprint density at radius 2 is 1.67 bits per heavy atom. The predicted molar refractivity (Wildman–Crippen MR) is 91.5 cm³/mol. The van der Waals surface area contributed by atoms with Crippen LogP contribution in [0, 0.1) is 5.92 Å². The van der Waals surface area contributed by atoms with Gasteiger partial charge in [-0.05, 0) is 40.0 Å². The van der Waals surface area contributed by atoms with Crippen LogP contribution < -0.4 is 10.6 Å². The highest BCUT2D eigenvalue weighted by Crippen LogP contribution is 2.18. The molecule has 2 N–H and O–H groups in total. The van der Waals surface area contributed by atoms with E-state index in [-0.39, 0.29) is 17.7 Å². The van der Waals surface area contributed by atoms with Gasteiger partial charge >= 0.3 is 6.09 Å². The molecule has 0 aromatic heterocycles. The van der Waals surface area contributed by atoms with Gasteiger partial charge in [-0.1, -0.05) is 6.92 Å². The molecule has 7 heteroatoms. The highest BCUT2D eigenvalue weighted by molar-refractivity contribution is 5.80. The molecule has 0 spiro atoms. The lowest BCUT2D eigenvalue weighted by molar-refractivity contribution is -0.135.